The predicted octanol–water partition coefficient (Wildman–Crippen LogP) is 3.16. The maximum Gasteiger partial charge on any atom is 0.573 e. The van der Waals surface area contributed by atoms with Gasteiger partial charge in [-0.15, -0.1) is 13.2 Å². The summed E-state index contributed by atoms with van der Waals surface area (Å²) in [5, 5.41) is 2.88. The average molecular weight is 402 g/mol. The van der Waals surface area contributed by atoms with Gasteiger partial charge in [-0.25, -0.2) is 8.51 Å². The summed E-state index contributed by atoms with van der Waals surface area (Å²) in [6.07, 6.45) is 0.678. The van der Waals surface area contributed by atoms with Gasteiger partial charge in [-0.3, -0.25) is 4.79 Å². The Bertz CT molecular complexity index is 730. The van der Waals surface area contributed by atoms with Crippen molar-refractivity contribution >= 4 is 16.9 Å². The molecule has 1 N–H and O–H groups in total. The van der Waals surface area contributed by atoms with Crippen LogP contribution >= 0.6 is 0 Å². The van der Waals surface area contributed by atoms with Gasteiger partial charge in [0.05, 0.1) is 4.90 Å². The summed E-state index contributed by atoms with van der Waals surface area (Å²) in [6, 6.07) is 5.01. The Morgan fingerprint density at radius 1 is 1.30 bits per heavy atom. The number of amides is 1. The van der Waals surface area contributed by atoms with E-state index in [1.807, 2.05) is 0 Å². The molecule has 5 nitrogen and oxygen atoms in total. The van der Waals surface area contributed by atoms with Gasteiger partial charge in [-0.05, 0) is 61.4 Å². The minimum Gasteiger partial charge on any atom is -0.406 e. The molecule has 0 spiro atoms. The summed E-state index contributed by atoms with van der Waals surface area (Å²) in [5.41, 5.74) is 0.903. The van der Waals surface area contributed by atoms with Crippen LogP contribution in [0.15, 0.2) is 40.8 Å². The van der Waals surface area contributed by atoms with Gasteiger partial charge in [-0.1, -0.05) is 0 Å². The van der Waals surface area contributed by atoms with Crippen LogP contribution in [0.1, 0.15) is 25.7 Å². The van der Waals surface area contributed by atoms with E-state index >= 15 is 0 Å². The number of ether oxygens (including phenoxy) is 1. The highest BCUT2D eigenvalue weighted by atomic mass is 32.2. The second-order valence-corrected chi connectivity index (χ2v) is 8.21. The van der Waals surface area contributed by atoms with Gasteiger partial charge in [-0.2, -0.15) is 0 Å². The molecule has 1 saturated carbocycles. The van der Waals surface area contributed by atoms with Crippen LogP contribution in [-0.2, 0) is 15.8 Å². The monoisotopic (exact) mass is 402 g/mol. The van der Waals surface area contributed by atoms with Crippen LogP contribution < -0.4 is 10.1 Å². The Kier molecular flexibility index (Phi) is 6.21. The van der Waals surface area contributed by atoms with Crippen LogP contribution in [0.25, 0.3) is 0 Å². The molecule has 1 atom stereocenters. The molecule has 1 aromatic carbocycles. The normalized spacial score (nSPS) is 21.1. The van der Waals surface area contributed by atoms with Crippen molar-refractivity contribution in [2.45, 2.75) is 36.9 Å². The zero-order valence-electron chi connectivity index (χ0n) is 14.6. The van der Waals surface area contributed by atoms with Crippen molar-refractivity contribution in [2.75, 3.05) is 19.6 Å². The van der Waals surface area contributed by atoms with Gasteiger partial charge in [0.15, 0.2) is 0 Å². The molecule has 1 aromatic rings. The van der Waals surface area contributed by atoms with Gasteiger partial charge in [0.1, 0.15) is 16.7 Å². The Balaban J connectivity index is 1.58. The van der Waals surface area contributed by atoms with Gasteiger partial charge in [0.2, 0.25) is 5.91 Å². The summed E-state index contributed by atoms with van der Waals surface area (Å²) in [4.78, 5) is 12.3. The van der Waals surface area contributed by atoms with Crippen molar-refractivity contribution in [1.82, 2.24) is 9.62 Å². The van der Waals surface area contributed by atoms with Gasteiger partial charge < -0.3 is 10.1 Å². The molecule has 148 valence electrons. The molecular formula is C18H21F3N2O3S. The lowest BCUT2D eigenvalue weighted by Crippen LogP contribution is -2.34. The first-order valence-corrected chi connectivity index (χ1v) is 9.91. The number of rotatable bonds is 6. The fourth-order valence-corrected chi connectivity index (χ4v) is 4.08. The largest absolute Gasteiger partial charge is 0.573 e. The second kappa shape index (κ2) is 8.43. The van der Waals surface area contributed by atoms with Crippen LogP contribution in [0.4, 0.5) is 13.2 Å². The number of benzene rings is 1. The van der Waals surface area contributed by atoms with E-state index in [0.29, 0.717) is 30.4 Å². The number of carbonyl (C=O) groups is 1. The first-order chi connectivity index (χ1) is 12.8. The number of halogens is 3. The van der Waals surface area contributed by atoms with Crippen molar-refractivity contribution in [3.05, 3.63) is 35.9 Å². The molecule has 2 aliphatic rings. The maximum absolute atomic E-state index is 12.7. The zero-order valence-corrected chi connectivity index (χ0v) is 15.4. The van der Waals surface area contributed by atoms with E-state index in [0.717, 1.165) is 43.4 Å². The minimum absolute atomic E-state index is 0.127. The molecule has 1 aliphatic carbocycles. The summed E-state index contributed by atoms with van der Waals surface area (Å²) < 4.78 is 54.9. The molecule has 1 unspecified atom stereocenters. The Labute approximate surface area is 158 Å². The quantitative estimate of drug-likeness (QED) is 0.744. The number of carbonyl (C=O) groups excluding carboxylic acids is 1. The van der Waals surface area contributed by atoms with E-state index in [1.165, 1.54) is 12.1 Å². The number of nitrogens with one attached hydrogen (secondary N) is 1. The lowest BCUT2D eigenvalue weighted by molar-refractivity contribution is -0.274. The van der Waals surface area contributed by atoms with Crippen LogP contribution in [0.3, 0.4) is 0 Å². The number of alkyl halides is 3. The average Bonchev–Trinajstić information content (AvgIpc) is 3.43. The smallest absolute Gasteiger partial charge is 0.406 e. The van der Waals surface area contributed by atoms with E-state index in [1.54, 1.807) is 10.4 Å². The van der Waals surface area contributed by atoms with Crippen molar-refractivity contribution in [3.8, 4) is 5.75 Å². The summed E-state index contributed by atoms with van der Waals surface area (Å²) >= 11 is 0. The van der Waals surface area contributed by atoms with Crippen LogP contribution in [0.5, 0.6) is 5.75 Å². The summed E-state index contributed by atoms with van der Waals surface area (Å²) in [5.74, 6) is 0.125. The lowest BCUT2D eigenvalue weighted by Gasteiger charge is -2.27. The fraction of sp³-hybridized carbons (Fsp3) is 0.500. The van der Waals surface area contributed by atoms with Gasteiger partial charge >= 0.3 is 6.36 Å². The van der Waals surface area contributed by atoms with Gasteiger partial charge in [0, 0.05) is 25.7 Å². The fourth-order valence-electron chi connectivity index (χ4n) is 2.84. The Morgan fingerprint density at radius 2 is 2.00 bits per heavy atom. The molecule has 0 radical (unpaired) electrons. The SMILES string of the molecule is O=C(C=C1CCCN(S(=O)c2ccc(OC(F)(F)F)cc2)C1)NCC1CC1. The van der Waals surface area contributed by atoms with Gasteiger partial charge in [0.25, 0.3) is 0 Å². The van der Waals surface area contributed by atoms with Crippen molar-refractivity contribution in [2.24, 2.45) is 5.92 Å². The highest BCUT2D eigenvalue weighted by molar-refractivity contribution is 7.82. The van der Waals surface area contributed by atoms with Crippen LogP contribution in [0.2, 0.25) is 0 Å². The van der Waals surface area contributed by atoms with Crippen LogP contribution in [0, 0.1) is 5.92 Å². The summed E-state index contributed by atoms with van der Waals surface area (Å²) in [6.45, 7) is 1.68. The number of piperidine rings is 1. The van der Waals surface area contributed by atoms with Crippen molar-refractivity contribution in [3.63, 3.8) is 0 Å². The van der Waals surface area contributed by atoms with E-state index in [-0.39, 0.29) is 11.7 Å². The first-order valence-electron chi connectivity index (χ1n) is 8.80. The maximum atomic E-state index is 12.7. The van der Waals surface area contributed by atoms with Crippen molar-refractivity contribution < 1.29 is 26.9 Å². The number of nitrogens with zero attached hydrogens (tertiary/aromatic N) is 1. The molecule has 0 bridgehead atoms. The molecule has 2 fully saturated rings. The number of hydrogen-bond donors (Lipinski definition) is 1. The second-order valence-electron chi connectivity index (χ2n) is 6.73. The molecule has 1 aliphatic heterocycles. The minimum atomic E-state index is -4.76. The van der Waals surface area contributed by atoms with Crippen LogP contribution in [-0.4, -0.2) is 40.4 Å². The Hall–Kier alpha value is -1.87. The zero-order chi connectivity index (χ0) is 19.4. The van der Waals surface area contributed by atoms with Crippen molar-refractivity contribution in [1.29, 1.82) is 0 Å². The molecule has 1 heterocycles. The van der Waals surface area contributed by atoms with E-state index < -0.39 is 17.3 Å². The molecule has 9 heteroatoms. The summed E-state index contributed by atoms with van der Waals surface area (Å²) in [7, 11) is -1.51. The first kappa shape index (κ1) is 19.9. The lowest BCUT2D eigenvalue weighted by atomic mass is 10.1. The van der Waals surface area contributed by atoms with E-state index in [9.17, 15) is 22.2 Å². The third-order valence-electron chi connectivity index (χ3n) is 4.38. The molecule has 1 amide bonds. The Morgan fingerprint density at radius 3 is 2.63 bits per heavy atom. The molecule has 3 rings (SSSR count). The predicted molar refractivity (Wildman–Crippen MR) is 94.2 cm³/mol. The molecule has 0 aromatic heterocycles. The third kappa shape index (κ3) is 6.35. The van der Waals surface area contributed by atoms with E-state index in [4.69, 9.17) is 0 Å². The standard InChI is InChI=1S/C18H21F3N2O3S/c19-18(20,21)26-15-5-7-16(8-6-15)27(25)23-9-1-2-14(12-23)10-17(24)22-11-13-3-4-13/h5-8,10,13H,1-4,9,11-12H2,(H,22,24). The highest BCUT2D eigenvalue weighted by Crippen LogP contribution is 2.28. The molecule has 27 heavy (non-hydrogen) atoms. The number of hydrogen-bond acceptors (Lipinski definition) is 3. The third-order valence-corrected chi connectivity index (χ3v) is 5.83. The highest BCUT2D eigenvalue weighted by Gasteiger charge is 2.31. The van der Waals surface area contributed by atoms with E-state index in [2.05, 4.69) is 10.1 Å². The molecule has 1 saturated heterocycles. The topological polar surface area (TPSA) is 58.6 Å². The molecular weight excluding hydrogens is 381 g/mol.